The van der Waals surface area contributed by atoms with E-state index in [2.05, 4.69) is 9.71 Å². The van der Waals surface area contributed by atoms with Gasteiger partial charge >= 0.3 is 11.9 Å². The molecule has 1 aromatic carbocycles. The van der Waals surface area contributed by atoms with Gasteiger partial charge in [-0.15, -0.1) is 0 Å². The van der Waals surface area contributed by atoms with Crippen LogP contribution in [0.15, 0.2) is 12.1 Å². The zero-order valence-corrected chi connectivity index (χ0v) is 11.5. The molecule has 0 fully saturated rings. The Morgan fingerprint density at radius 1 is 1.37 bits per heavy atom. The molecule has 0 radical (unpaired) electrons. The Bertz CT molecular complexity index is 486. The molecule has 0 aliphatic rings. The fourth-order valence-corrected chi connectivity index (χ4v) is 1.43. The van der Waals surface area contributed by atoms with E-state index in [1.165, 1.54) is 6.07 Å². The summed E-state index contributed by atoms with van der Waals surface area (Å²) in [5, 5.41) is 8.76. The van der Waals surface area contributed by atoms with Crippen LogP contribution in [0.1, 0.15) is 0 Å². The van der Waals surface area contributed by atoms with Gasteiger partial charge in [0, 0.05) is 14.1 Å². The average molecular weight is 316 g/mol. The van der Waals surface area contributed by atoms with Crippen LogP contribution < -0.4 is 22.0 Å². The first-order valence-corrected chi connectivity index (χ1v) is 5.18. The highest BCUT2D eigenvalue weighted by atomic mass is 35.5. The van der Waals surface area contributed by atoms with E-state index < -0.39 is 12.8 Å². The zero-order chi connectivity index (χ0) is 13.9. The Morgan fingerprint density at radius 2 is 1.95 bits per heavy atom. The summed E-state index contributed by atoms with van der Waals surface area (Å²) in [6, 6.07) is 2.51. The predicted octanol–water partition coefficient (Wildman–Crippen LogP) is 0.836. The van der Waals surface area contributed by atoms with Gasteiger partial charge in [0.1, 0.15) is 5.02 Å². The second-order valence-corrected chi connectivity index (χ2v) is 4.08. The minimum Gasteiger partial charge on any atom is -1.00 e. The van der Waals surface area contributed by atoms with Gasteiger partial charge in [-0.05, 0) is 6.07 Å². The lowest BCUT2D eigenvalue weighted by molar-refractivity contribution is -0.153. The van der Waals surface area contributed by atoms with Gasteiger partial charge < -0.3 is 22.0 Å². The van der Waals surface area contributed by atoms with Crippen LogP contribution in [0.25, 0.3) is 4.98 Å². The molecule has 4 nitrogen and oxygen atoms in total. The number of diazo groups is 1. The largest absolute Gasteiger partial charge is 1.00 e. The highest BCUT2D eigenvalue weighted by molar-refractivity contribution is 6.33. The summed E-state index contributed by atoms with van der Waals surface area (Å²) in [5.41, 5.74) is 0.302. The Balaban J connectivity index is 0.00000324. The Morgan fingerprint density at radius 3 is 2.37 bits per heavy atom. The van der Waals surface area contributed by atoms with Crippen LogP contribution in [0.3, 0.4) is 0 Å². The van der Waals surface area contributed by atoms with E-state index >= 15 is 0 Å². The monoisotopic (exact) mass is 315 g/mol. The molecule has 0 atom stereocenters. The van der Waals surface area contributed by atoms with E-state index in [0.29, 0.717) is 5.69 Å². The van der Waals surface area contributed by atoms with E-state index in [9.17, 15) is 13.2 Å². The van der Waals surface area contributed by atoms with Crippen LogP contribution in [-0.2, 0) is 0 Å². The molecule has 1 aromatic rings. The molecule has 0 saturated heterocycles. The Hall–Kier alpha value is -1.39. The number of ether oxygens (including phenoxy) is 1. The van der Waals surface area contributed by atoms with Crippen LogP contribution in [0.5, 0.6) is 5.75 Å². The van der Waals surface area contributed by atoms with Gasteiger partial charge in [0.25, 0.3) is 0 Å². The Kier molecular flexibility index (Phi) is 6.19. The lowest BCUT2D eigenvalue weighted by Gasteiger charge is -2.18. The summed E-state index contributed by atoms with van der Waals surface area (Å²) in [6.07, 6.45) is -4.44. The first-order chi connectivity index (χ1) is 8.24. The van der Waals surface area contributed by atoms with Gasteiger partial charge in [0.2, 0.25) is 5.39 Å². The van der Waals surface area contributed by atoms with Gasteiger partial charge in [-0.25, -0.2) is 0 Å². The summed E-state index contributed by atoms with van der Waals surface area (Å²) in [6.45, 7) is -1.43. The van der Waals surface area contributed by atoms with Crippen molar-refractivity contribution in [3.63, 3.8) is 0 Å². The second-order valence-electron chi connectivity index (χ2n) is 3.67. The molecule has 0 bridgehead atoms. The van der Waals surface area contributed by atoms with Crippen molar-refractivity contribution < 1.29 is 30.3 Å². The molecule has 0 saturated carbocycles. The van der Waals surface area contributed by atoms with Crippen LogP contribution in [0, 0.1) is 5.39 Å². The predicted molar refractivity (Wildman–Crippen MR) is 62.1 cm³/mol. The molecule has 19 heavy (non-hydrogen) atoms. The summed E-state index contributed by atoms with van der Waals surface area (Å²) >= 11 is 5.78. The number of anilines is 1. The van der Waals surface area contributed by atoms with Crippen molar-refractivity contribution in [1.82, 2.24) is 0 Å². The first kappa shape index (κ1) is 17.6. The van der Waals surface area contributed by atoms with Crippen molar-refractivity contribution in [2.75, 3.05) is 25.6 Å². The molecule has 0 aromatic heterocycles. The number of hydrogen-bond donors (Lipinski definition) is 0. The molecule has 0 unspecified atom stereocenters. The Labute approximate surface area is 119 Å². The maximum atomic E-state index is 12.1. The van der Waals surface area contributed by atoms with Crippen molar-refractivity contribution in [3.05, 3.63) is 22.1 Å². The summed E-state index contributed by atoms with van der Waals surface area (Å²) in [5.74, 6) is -0.0606. The molecule has 0 N–H and O–H groups in total. The number of alkyl halides is 3. The third-order valence-electron chi connectivity index (χ3n) is 2.01. The summed E-state index contributed by atoms with van der Waals surface area (Å²) in [7, 11) is 3.25. The first-order valence-electron chi connectivity index (χ1n) is 4.80. The topological polar surface area (TPSA) is 40.6 Å². The van der Waals surface area contributed by atoms with E-state index in [1.54, 1.807) is 19.0 Å². The van der Waals surface area contributed by atoms with Crippen molar-refractivity contribution in [3.8, 4) is 5.75 Å². The molecular formula is C10H10Cl2F3N3O. The lowest BCUT2D eigenvalue weighted by atomic mass is 10.2. The van der Waals surface area contributed by atoms with Crippen LogP contribution >= 0.6 is 11.6 Å². The highest BCUT2D eigenvalue weighted by Gasteiger charge is 2.30. The number of benzene rings is 1. The van der Waals surface area contributed by atoms with Crippen LogP contribution in [0.4, 0.5) is 24.5 Å². The highest BCUT2D eigenvalue weighted by Crippen LogP contribution is 2.38. The van der Waals surface area contributed by atoms with Gasteiger partial charge in [0.15, 0.2) is 17.3 Å². The maximum absolute atomic E-state index is 12.1. The van der Waals surface area contributed by atoms with Crippen LogP contribution in [0.2, 0.25) is 5.02 Å². The third kappa shape index (κ3) is 5.01. The van der Waals surface area contributed by atoms with Gasteiger partial charge in [-0.1, -0.05) is 11.6 Å². The summed E-state index contributed by atoms with van der Waals surface area (Å²) in [4.78, 5) is 4.40. The zero-order valence-electron chi connectivity index (χ0n) is 10.0. The van der Waals surface area contributed by atoms with Gasteiger partial charge in [0.05, 0.1) is 11.8 Å². The fraction of sp³-hybridized carbons (Fsp3) is 0.400. The molecule has 1 rings (SSSR count). The standard InChI is InChI=1S/C10H10ClF3N3O.ClH/c1-17(2)8-3-6(11)7(16-15)4-9(8)18-5-10(12,13)14;/h3-4H,5H2,1-2H3;1H/q+1;/p-1. The SMILES string of the molecule is CN(C)c1cc(Cl)c([N+]#N)cc1OCC(F)(F)F.[Cl-]. The second kappa shape index (κ2) is 6.68. The smallest absolute Gasteiger partial charge is 0.422 e. The third-order valence-corrected chi connectivity index (χ3v) is 2.31. The molecular weight excluding hydrogens is 306 g/mol. The minimum atomic E-state index is -4.44. The molecule has 9 heteroatoms. The molecule has 0 amide bonds. The quantitative estimate of drug-likeness (QED) is 0.776. The number of rotatable bonds is 3. The van der Waals surface area contributed by atoms with E-state index in [1.807, 2.05) is 0 Å². The van der Waals surface area contributed by atoms with E-state index in [0.717, 1.165) is 6.07 Å². The van der Waals surface area contributed by atoms with Crippen LogP contribution in [-0.4, -0.2) is 26.9 Å². The molecule has 106 valence electrons. The number of hydrogen-bond acceptors (Lipinski definition) is 3. The van der Waals surface area contributed by atoms with Crippen molar-refractivity contribution in [2.45, 2.75) is 6.18 Å². The molecule has 0 aliphatic heterocycles. The minimum absolute atomic E-state index is 0. The van der Waals surface area contributed by atoms with E-state index in [-0.39, 0.29) is 28.9 Å². The van der Waals surface area contributed by atoms with Crippen molar-refractivity contribution in [2.24, 2.45) is 0 Å². The summed E-state index contributed by atoms with van der Waals surface area (Å²) < 4.78 is 41.0. The average Bonchev–Trinajstić information content (AvgIpc) is 2.25. The van der Waals surface area contributed by atoms with Gasteiger partial charge in [-0.3, -0.25) is 0 Å². The van der Waals surface area contributed by atoms with Gasteiger partial charge in [-0.2, -0.15) is 13.2 Å². The molecule has 0 heterocycles. The maximum Gasteiger partial charge on any atom is 0.422 e. The molecule has 0 aliphatic carbocycles. The fourth-order valence-electron chi connectivity index (χ4n) is 1.23. The normalized spacial score (nSPS) is 10.4. The van der Waals surface area contributed by atoms with E-state index in [4.69, 9.17) is 17.0 Å². The molecule has 0 spiro atoms. The number of halogens is 5. The lowest BCUT2D eigenvalue weighted by Crippen LogP contribution is -3.00. The van der Waals surface area contributed by atoms with Crippen molar-refractivity contribution >= 4 is 23.0 Å². The van der Waals surface area contributed by atoms with Crippen molar-refractivity contribution in [1.29, 1.82) is 5.39 Å². The number of nitrogens with zero attached hydrogens (tertiary/aromatic N) is 3.